The van der Waals surface area contributed by atoms with Crippen LogP contribution in [0.1, 0.15) is 25.3 Å². The third-order valence-corrected chi connectivity index (χ3v) is 4.98. The van der Waals surface area contributed by atoms with Crippen LogP contribution in [0.3, 0.4) is 0 Å². The maximum absolute atomic E-state index is 13.1. The van der Waals surface area contributed by atoms with Crippen LogP contribution in [0.5, 0.6) is 5.75 Å². The second-order valence-electron chi connectivity index (χ2n) is 7.03. The summed E-state index contributed by atoms with van der Waals surface area (Å²) < 4.78 is 16.0. The number of carbonyl (C=O) groups is 2. The summed E-state index contributed by atoms with van der Waals surface area (Å²) in [5.74, 6) is -1.85. The lowest BCUT2D eigenvalue weighted by Crippen LogP contribution is -2.35. The minimum atomic E-state index is -0.967. The van der Waals surface area contributed by atoms with Crippen molar-refractivity contribution in [1.82, 2.24) is 10.3 Å². The van der Waals surface area contributed by atoms with E-state index in [0.29, 0.717) is 22.7 Å². The van der Waals surface area contributed by atoms with Gasteiger partial charge in [-0.1, -0.05) is 12.1 Å². The molecule has 0 radical (unpaired) electrons. The van der Waals surface area contributed by atoms with E-state index in [4.69, 9.17) is 14.2 Å². The van der Waals surface area contributed by atoms with Gasteiger partial charge >= 0.3 is 11.9 Å². The molecule has 33 heavy (non-hydrogen) atoms. The minimum Gasteiger partial charge on any atom is -0.486 e. The third kappa shape index (κ3) is 5.17. The van der Waals surface area contributed by atoms with E-state index < -0.39 is 22.8 Å². The Morgan fingerprint density at radius 1 is 1.18 bits per heavy atom. The van der Waals surface area contributed by atoms with E-state index >= 15 is 0 Å². The van der Waals surface area contributed by atoms with E-state index in [1.165, 1.54) is 31.5 Å². The van der Waals surface area contributed by atoms with Crippen molar-refractivity contribution < 1.29 is 28.7 Å². The standard InChI is InChI=1S/C23H23N3O7/c1-4-32-23(28)21-18(13-33-17-9-6-10-24-12-17)25-14(2)19(22(27)31-3)20(21)15-7-5-8-16(11-15)26(29)30/h5-12,20,25H,4,13H2,1-3H3. The molecule has 172 valence electrons. The molecule has 10 nitrogen and oxygen atoms in total. The number of ether oxygens (including phenoxy) is 3. The van der Waals surface area contributed by atoms with Crippen LogP contribution >= 0.6 is 0 Å². The summed E-state index contributed by atoms with van der Waals surface area (Å²) >= 11 is 0. The topological polar surface area (TPSA) is 130 Å². The van der Waals surface area contributed by atoms with Crippen molar-refractivity contribution >= 4 is 17.6 Å². The molecule has 0 amide bonds. The molecule has 1 aliphatic rings. The van der Waals surface area contributed by atoms with Gasteiger partial charge in [-0.25, -0.2) is 9.59 Å². The lowest BCUT2D eigenvalue weighted by Gasteiger charge is -2.31. The first-order valence-corrected chi connectivity index (χ1v) is 10.1. The molecule has 1 aromatic carbocycles. The van der Waals surface area contributed by atoms with Crippen LogP contribution in [0.15, 0.2) is 71.3 Å². The molecule has 1 N–H and O–H groups in total. The first-order chi connectivity index (χ1) is 15.9. The van der Waals surface area contributed by atoms with Crippen LogP contribution in [0.25, 0.3) is 0 Å². The smallest absolute Gasteiger partial charge is 0.336 e. The molecule has 1 atom stereocenters. The number of dihydropyridines is 1. The SMILES string of the molecule is CCOC(=O)C1=C(COc2cccnc2)NC(C)=C(C(=O)OC)C1c1cccc([N+](=O)[O-])c1. The summed E-state index contributed by atoms with van der Waals surface area (Å²) in [6.07, 6.45) is 3.12. The molecule has 3 rings (SSSR count). The van der Waals surface area contributed by atoms with Gasteiger partial charge in [0.2, 0.25) is 0 Å². The van der Waals surface area contributed by atoms with Gasteiger partial charge in [0.1, 0.15) is 12.4 Å². The van der Waals surface area contributed by atoms with E-state index in [1.54, 1.807) is 38.2 Å². The zero-order valence-corrected chi connectivity index (χ0v) is 18.4. The van der Waals surface area contributed by atoms with Crippen LogP contribution in [0.4, 0.5) is 5.69 Å². The van der Waals surface area contributed by atoms with Gasteiger partial charge in [0.05, 0.1) is 47.6 Å². The lowest BCUT2D eigenvalue weighted by molar-refractivity contribution is -0.384. The molecule has 1 aliphatic heterocycles. The molecule has 0 aliphatic carbocycles. The van der Waals surface area contributed by atoms with Crippen LogP contribution in [0.2, 0.25) is 0 Å². The van der Waals surface area contributed by atoms with E-state index in [9.17, 15) is 19.7 Å². The number of hydrogen-bond donors (Lipinski definition) is 1. The predicted molar refractivity (Wildman–Crippen MR) is 117 cm³/mol. The number of nitrogens with zero attached hydrogens (tertiary/aromatic N) is 2. The van der Waals surface area contributed by atoms with Crippen LogP contribution in [-0.2, 0) is 19.1 Å². The Bertz CT molecular complexity index is 1130. The van der Waals surface area contributed by atoms with Crippen molar-refractivity contribution in [2.45, 2.75) is 19.8 Å². The first kappa shape index (κ1) is 23.5. The van der Waals surface area contributed by atoms with Crippen molar-refractivity contribution in [3.8, 4) is 5.75 Å². The average molecular weight is 453 g/mol. The molecule has 2 heterocycles. The van der Waals surface area contributed by atoms with Crippen LogP contribution in [0, 0.1) is 10.1 Å². The number of rotatable bonds is 8. The quantitative estimate of drug-likeness (QED) is 0.364. The highest BCUT2D eigenvalue weighted by atomic mass is 16.6. The first-order valence-electron chi connectivity index (χ1n) is 10.1. The number of allylic oxidation sites excluding steroid dienone is 1. The fourth-order valence-corrected chi connectivity index (χ4v) is 3.58. The largest absolute Gasteiger partial charge is 0.486 e. The number of benzene rings is 1. The molecule has 10 heteroatoms. The summed E-state index contributed by atoms with van der Waals surface area (Å²) in [4.78, 5) is 40.6. The van der Waals surface area contributed by atoms with E-state index in [-0.39, 0.29) is 30.0 Å². The Morgan fingerprint density at radius 2 is 1.97 bits per heavy atom. The highest BCUT2D eigenvalue weighted by Crippen LogP contribution is 2.40. The highest BCUT2D eigenvalue weighted by Gasteiger charge is 2.39. The Hall–Kier alpha value is -4.21. The average Bonchev–Trinajstić information content (AvgIpc) is 2.82. The molecule has 0 spiro atoms. The zero-order chi connectivity index (χ0) is 24.0. The number of pyridine rings is 1. The summed E-state index contributed by atoms with van der Waals surface area (Å²) in [7, 11) is 1.22. The molecular weight excluding hydrogens is 430 g/mol. The summed E-state index contributed by atoms with van der Waals surface area (Å²) in [5, 5.41) is 14.4. The van der Waals surface area contributed by atoms with Gasteiger partial charge in [0.25, 0.3) is 5.69 Å². The molecule has 1 aromatic heterocycles. The van der Waals surface area contributed by atoms with Crippen molar-refractivity contribution in [2.24, 2.45) is 0 Å². The van der Waals surface area contributed by atoms with Gasteiger partial charge in [-0.2, -0.15) is 0 Å². The molecule has 1 unspecified atom stereocenters. The van der Waals surface area contributed by atoms with Gasteiger partial charge < -0.3 is 19.5 Å². The molecule has 0 saturated carbocycles. The Balaban J connectivity index is 2.17. The van der Waals surface area contributed by atoms with E-state index in [1.807, 2.05) is 0 Å². The molecule has 0 bridgehead atoms. The van der Waals surface area contributed by atoms with Crippen LogP contribution in [-0.4, -0.2) is 42.2 Å². The number of non-ortho nitro benzene ring substituents is 1. The monoisotopic (exact) mass is 453 g/mol. The normalized spacial score (nSPS) is 15.5. The summed E-state index contributed by atoms with van der Waals surface area (Å²) in [5.41, 5.74) is 1.23. The third-order valence-electron chi connectivity index (χ3n) is 4.98. The van der Waals surface area contributed by atoms with Crippen molar-refractivity contribution in [1.29, 1.82) is 0 Å². The minimum absolute atomic E-state index is 0.0585. The molecule has 2 aromatic rings. The Labute approximate surface area is 190 Å². The van der Waals surface area contributed by atoms with Crippen molar-refractivity contribution in [2.75, 3.05) is 20.3 Å². The maximum atomic E-state index is 13.1. The van der Waals surface area contributed by atoms with Crippen molar-refractivity contribution in [3.05, 3.63) is 87.0 Å². The number of hydrogen-bond acceptors (Lipinski definition) is 9. The zero-order valence-electron chi connectivity index (χ0n) is 18.4. The molecule has 0 saturated heterocycles. The fraction of sp³-hybridized carbons (Fsp3) is 0.261. The summed E-state index contributed by atoms with van der Waals surface area (Å²) in [6, 6.07) is 9.17. The lowest BCUT2D eigenvalue weighted by atomic mass is 9.80. The Kier molecular flexibility index (Phi) is 7.39. The number of methoxy groups -OCH3 is 1. The van der Waals surface area contributed by atoms with Gasteiger partial charge in [0.15, 0.2) is 0 Å². The van der Waals surface area contributed by atoms with Crippen LogP contribution < -0.4 is 10.1 Å². The molecule has 0 fully saturated rings. The van der Waals surface area contributed by atoms with Crippen molar-refractivity contribution in [3.63, 3.8) is 0 Å². The number of carbonyl (C=O) groups excluding carboxylic acids is 2. The predicted octanol–water partition coefficient (Wildman–Crippen LogP) is 3.02. The van der Waals surface area contributed by atoms with Gasteiger partial charge in [-0.15, -0.1) is 0 Å². The number of nitro benzene ring substituents is 1. The number of esters is 2. The highest BCUT2D eigenvalue weighted by molar-refractivity contribution is 6.00. The second kappa shape index (κ2) is 10.4. The van der Waals surface area contributed by atoms with Gasteiger partial charge in [-0.3, -0.25) is 15.1 Å². The van der Waals surface area contributed by atoms with E-state index in [0.717, 1.165) is 0 Å². The van der Waals surface area contributed by atoms with E-state index in [2.05, 4.69) is 10.3 Å². The van der Waals surface area contributed by atoms with Gasteiger partial charge in [0, 0.05) is 24.0 Å². The molecular formula is C23H23N3O7. The summed E-state index contributed by atoms with van der Waals surface area (Å²) in [6.45, 7) is 3.35. The number of nitrogens with one attached hydrogen (secondary N) is 1. The second-order valence-corrected chi connectivity index (χ2v) is 7.03. The number of nitro groups is 1. The number of aromatic nitrogens is 1. The maximum Gasteiger partial charge on any atom is 0.336 e. The van der Waals surface area contributed by atoms with Gasteiger partial charge in [-0.05, 0) is 31.5 Å². The fourth-order valence-electron chi connectivity index (χ4n) is 3.58. The Morgan fingerprint density at radius 3 is 2.61 bits per heavy atom.